The van der Waals surface area contributed by atoms with Crippen LogP contribution in [-0.4, -0.2) is 68.5 Å². The Hall–Kier alpha value is -1.54. The number of allylic oxidation sites excluding steroid dienone is 7. The summed E-state index contributed by atoms with van der Waals surface area (Å²) in [5.41, 5.74) is 0. The Kier molecular flexibility index (Phi) is 41.6. The fourth-order valence-electron chi connectivity index (χ4n) is 7.02. The molecule has 8 nitrogen and oxygen atoms in total. The number of carbonyl (C=O) groups excluding carboxylic acids is 1. The molecule has 0 bridgehead atoms. The van der Waals surface area contributed by atoms with Crippen molar-refractivity contribution in [2.45, 2.75) is 231 Å². The van der Waals surface area contributed by atoms with Gasteiger partial charge >= 0.3 is 0 Å². The standard InChI is InChI=1S/C51H97N2O6P/c1-6-8-10-12-14-16-18-20-22-24-25-26-27-29-30-32-34-36-38-40-42-44-50(54)49(48-59-60(56,57)58-47-46-53(3,4)5)52-51(55)45-43-41-39-37-35-33-31-28-23-21-19-17-15-13-11-9-7-2/h15,17,21,23,34,36,42,44,49-50,54H,6-14,16,18-20,22,24-33,35,37-41,43,45-48H2,1-5H3,(H-,52,55,56,57)/b17-15-,23-21-,36-34+,44-42+. The molecule has 3 unspecified atom stereocenters. The smallest absolute Gasteiger partial charge is 0.268 e. The molecule has 0 radical (unpaired) electrons. The molecule has 0 saturated heterocycles. The average molecular weight is 865 g/mol. The third kappa shape index (κ3) is 44.5. The van der Waals surface area contributed by atoms with Crippen molar-refractivity contribution in [1.82, 2.24) is 5.32 Å². The summed E-state index contributed by atoms with van der Waals surface area (Å²) in [6.45, 7) is 4.60. The van der Waals surface area contributed by atoms with Gasteiger partial charge in [0.1, 0.15) is 13.2 Å². The lowest BCUT2D eigenvalue weighted by molar-refractivity contribution is -0.870. The van der Waals surface area contributed by atoms with Crippen LogP contribution in [-0.2, 0) is 18.4 Å². The molecule has 3 atom stereocenters. The number of phosphoric acid groups is 1. The lowest BCUT2D eigenvalue weighted by Crippen LogP contribution is -2.45. The molecule has 9 heteroatoms. The van der Waals surface area contributed by atoms with Gasteiger partial charge in [-0.25, -0.2) is 0 Å². The second-order valence-electron chi connectivity index (χ2n) is 18.2. The quantitative estimate of drug-likeness (QED) is 0.0273. The van der Waals surface area contributed by atoms with E-state index in [1.54, 1.807) is 6.08 Å². The molecule has 0 aliphatic carbocycles. The second-order valence-corrected chi connectivity index (χ2v) is 19.6. The fraction of sp³-hybridized carbons (Fsp3) is 0.824. The topological polar surface area (TPSA) is 108 Å². The van der Waals surface area contributed by atoms with Gasteiger partial charge in [0.25, 0.3) is 7.82 Å². The van der Waals surface area contributed by atoms with Crippen molar-refractivity contribution >= 4 is 13.7 Å². The molecule has 0 aliphatic heterocycles. The van der Waals surface area contributed by atoms with Gasteiger partial charge in [0.15, 0.2) is 0 Å². The van der Waals surface area contributed by atoms with Crippen molar-refractivity contribution in [1.29, 1.82) is 0 Å². The van der Waals surface area contributed by atoms with Crippen LogP contribution in [0.1, 0.15) is 219 Å². The van der Waals surface area contributed by atoms with Crippen LogP contribution in [0.4, 0.5) is 0 Å². The summed E-state index contributed by atoms with van der Waals surface area (Å²) in [5, 5.41) is 13.8. The van der Waals surface area contributed by atoms with Gasteiger partial charge in [0.2, 0.25) is 5.91 Å². The minimum absolute atomic E-state index is 0.00904. The highest BCUT2D eigenvalue weighted by Gasteiger charge is 2.23. The van der Waals surface area contributed by atoms with Crippen molar-refractivity contribution in [3.63, 3.8) is 0 Å². The molecule has 0 aromatic heterocycles. The normalized spacial score (nSPS) is 14.6. The number of unbranched alkanes of at least 4 members (excludes halogenated alkanes) is 26. The number of nitrogens with zero attached hydrogens (tertiary/aromatic N) is 1. The number of rotatable bonds is 45. The molecule has 0 aliphatic rings. The van der Waals surface area contributed by atoms with E-state index in [-0.39, 0.29) is 12.5 Å². The Bertz CT molecular complexity index is 1120. The zero-order valence-electron chi connectivity index (χ0n) is 39.9. The van der Waals surface area contributed by atoms with Gasteiger partial charge < -0.3 is 28.8 Å². The van der Waals surface area contributed by atoms with E-state index in [0.717, 1.165) is 57.8 Å². The lowest BCUT2D eigenvalue weighted by atomic mass is 10.0. The molecule has 1 amide bonds. The maximum absolute atomic E-state index is 12.9. The number of hydrogen-bond acceptors (Lipinski definition) is 6. The number of hydrogen-bond donors (Lipinski definition) is 2. The molecule has 2 N–H and O–H groups in total. The van der Waals surface area contributed by atoms with Gasteiger partial charge in [-0.2, -0.15) is 0 Å². The van der Waals surface area contributed by atoms with E-state index in [4.69, 9.17) is 9.05 Å². The first-order valence-corrected chi connectivity index (χ1v) is 26.5. The first kappa shape index (κ1) is 58.5. The van der Waals surface area contributed by atoms with Crippen LogP contribution < -0.4 is 10.2 Å². The van der Waals surface area contributed by atoms with Crippen LogP contribution in [0.5, 0.6) is 0 Å². The van der Waals surface area contributed by atoms with Crippen LogP contribution in [0.15, 0.2) is 48.6 Å². The Morgan fingerprint density at radius 2 is 0.983 bits per heavy atom. The number of amides is 1. The SMILES string of the molecule is CCCCC/C=C\C/C=C\CCCCCCCCCC(=O)NC(COP(=O)([O-])OCC[N+](C)(C)C)C(O)/C=C/CC/C=C/CCCCCCCCCCCCCCCCC. The van der Waals surface area contributed by atoms with Crippen molar-refractivity contribution in [3.05, 3.63) is 48.6 Å². The highest BCUT2D eigenvalue weighted by molar-refractivity contribution is 7.45. The fourth-order valence-corrected chi connectivity index (χ4v) is 7.74. The molecule has 0 spiro atoms. The molecule has 0 aromatic carbocycles. The number of nitrogens with one attached hydrogen (secondary N) is 1. The van der Waals surface area contributed by atoms with Crippen molar-refractivity contribution < 1.29 is 32.9 Å². The summed E-state index contributed by atoms with van der Waals surface area (Å²) >= 11 is 0. The van der Waals surface area contributed by atoms with E-state index in [1.807, 2.05) is 27.2 Å². The molecule has 0 fully saturated rings. The predicted octanol–water partition coefficient (Wildman–Crippen LogP) is 13.8. The minimum atomic E-state index is -4.60. The summed E-state index contributed by atoms with van der Waals surface area (Å²) in [7, 11) is 1.24. The van der Waals surface area contributed by atoms with Gasteiger partial charge in [-0.1, -0.05) is 197 Å². The molecule has 0 aromatic rings. The van der Waals surface area contributed by atoms with E-state index < -0.39 is 26.6 Å². The molecule has 0 rings (SSSR count). The summed E-state index contributed by atoms with van der Waals surface area (Å²) in [5.74, 6) is -0.216. The van der Waals surface area contributed by atoms with E-state index in [2.05, 4.69) is 55.6 Å². The van der Waals surface area contributed by atoms with Gasteiger partial charge in [-0.3, -0.25) is 9.36 Å². The molecule has 60 heavy (non-hydrogen) atoms. The zero-order chi connectivity index (χ0) is 44.3. The number of phosphoric ester groups is 1. The Morgan fingerprint density at radius 3 is 1.48 bits per heavy atom. The molecular weight excluding hydrogens is 768 g/mol. The van der Waals surface area contributed by atoms with E-state index in [1.165, 1.54) is 141 Å². The van der Waals surface area contributed by atoms with Crippen molar-refractivity contribution in [2.75, 3.05) is 40.9 Å². The minimum Gasteiger partial charge on any atom is -0.756 e. The molecule has 0 heterocycles. The van der Waals surface area contributed by atoms with Crippen LogP contribution in [0.3, 0.4) is 0 Å². The third-order valence-electron chi connectivity index (χ3n) is 11.0. The van der Waals surface area contributed by atoms with Crippen molar-refractivity contribution in [3.8, 4) is 0 Å². The van der Waals surface area contributed by atoms with Crippen LogP contribution >= 0.6 is 7.82 Å². The second kappa shape index (κ2) is 42.7. The maximum atomic E-state index is 12.9. The number of aliphatic hydroxyl groups is 1. The number of carbonyl (C=O) groups is 1. The van der Waals surface area contributed by atoms with Crippen LogP contribution in [0.25, 0.3) is 0 Å². The highest BCUT2D eigenvalue weighted by Crippen LogP contribution is 2.38. The summed E-state index contributed by atoms with van der Waals surface area (Å²) in [6, 6.07) is -0.908. The molecule has 0 saturated carbocycles. The Morgan fingerprint density at radius 1 is 0.583 bits per heavy atom. The highest BCUT2D eigenvalue weighted by atomic mass is 31.2. The van der Waals surface area contributed by atoms with Gasteiger partial charge in [0.05, 0.1) is 39.9 Å². The monoisotopic (exact) mass is 865 g/mol. The lowest BCUT2D eigenvalue weighted by Gasteiger charge is -2.29. The summed E-state index contributed by atoms with van der Waals surface area (Å²) in [6.07, 6.45) is 54.5. The maximum Gasteiger partial charge on any atom is 0.268 e. The van der Waals surface area contributed by atoms with Gasteiger partial charge in [-0.15, -0.1) is 0 Å². The third-order valence-corrected chi connectivity index (χ3v) is 12.0. The molecular formula is C51H97N2O6P. The van der Waals surface area contributed by atoms with E-state index in [9.17, 15) is 19.4 Å². The number of likely N-dealkylation sites (N-methyl/N-ethyl adjacent to an activating group) is 1. The predicted molar refractivity (Wildman–Crippen MR) is 256 cm³/mol. The Labute approximate surface area is 371 Å². The largest absolute Gasteiger partial charge is 0.756 e. The van der Waals surface area contributed by atoms with E-state index in [0.29, 0.717) is 17.4 Å². The summed E-state index contributed by atoms with van der Waals surface area (Å²) in [4.78, 5) is 25.4. The van der Waals surface area contributed by atoms with Crippen LogP contribution in [0, 0.1) is 0 Å². The Balaban J connectivity index is 4.39. The number of quaternary nitrogens is 1. The van der Waals surface area contributed by atoms with Crippen LogP contribution in [0.2, 0.25) is 0 Å². The average Bonchev–Trinajstić information content (AvgIpc) is 3.20. The van der Waals surface area contributed by atoms with Gasteiger partial charge in [-0.05, 0) is 64.2 Å². The number of aliphatic hydroxyl groups excluding tert-OH is 1. The first-order chi connectivity index (χ1) is 29.0. The van der Waals surface area contributed by atoms with Gasteiger partial charge in [0, 0.05) is 6.42 Å². The van der Waals surface area contributed by atoms with Crippen molar-refractivity contribution in [2.24, 2.45) is 0 Å². The first-order valence-electron chi connectivity index (χ1n) is 25.0. The summed E-state index contributed by atoms with van der Waals surface area (Å²) < 4.78 is 23.2. The van der Waals surface area contributed by atoms with E-state index >= 15 is 0 Å². The molecule has 352 valence electrons. The zero-order valence-corrected chi connectivity index (χ0v) is 40.8.